The second kappa shape index (κ2) is 3.49. The molecule has 4 nitrogen and oxygen atoms in total. The molecule has 0 radical (unpaired) electrons. The first-order chi connectivity index (χ1) is 5.20. The first-order valence-corrected chi connectivity index (χ1v) is 3.87. The molecule has 0 spiro atoms. The predicted molar refractivity (Wildman–Crippen MR) is 39.8 cm³/mol. The molecule has 5 N–H and O–H groups in total. The average molecular weight is 161 g/mol. The van der Waals surface area contributed by atoms with Crippen molar-refractivity contribution in [3.8, 4) is 0 Å². The topological polar surface area (TPSA) is 86.7 Å². The van der Waals surface area contributed by atoms with E-state index in [2.05, 4.69) is 0 Å². The Morgan fingerprint density at radius 1 is 1.18 bits per heavy atom. The van der Waals surface area contributed by atoms with E-state index in [4.69, 9.17) is 10.8 Å². The number of aliphatic hydroxyl groups excluding tert-OH is 3. The number of nitrogens with two attached hydrogens (primary N) is 1. The molecule has 0 bridgehead atoms. The van der Waals surface area contributed by atoms with Gasteiger partial charge in [-0.05, 0) is 13.0 Å². The van der Waals surface area contributed by atoms with Gasteiger partial charge in [0.25, 0.3) is 0 Å². The Bertz CT molecular complexity index is 113. The number of hydrogen-bond donors (Lipinski definition) is 4. The molecule has 1 rings (SSSR count). The van der Waals surface area contributed by atoms with Gasteiger partial charge in [-0.1, -0.05) is 0 Å². The Labute approximate surface area is 65.6 Å². The van der Waals surface area contributed by atoms with Gasteiger partial charge < -0.3 is 21.1 Å². The third kappa shape index (κ3) is 1.54. The molecule has 1 saturated carbocycles. The third-order valence-electron chi connectivity index (χ3n) is 2.46. The van der Waals surface area contributed by atoms with Gasteiger partial charge in [-0.3, -0.25) is 0 Å². The van der Waals surface area contributed by atoms with Crippen molar-refractivity contribution < 1.29 is 15.3 Å². The van der Waals surface area contributed by atoms with E-state index in [1.807, 2.05) is 0 Å². The van der Waals surface area contributed by atoms with Crippen LogP contribution in [0, 0.1) is 11.8 Å². The fourth-order valence-electron chi connectivity index (χ4n) is 1.64. The molecular formula is C7H15NO3. The van der Waals surface area contributed by atoms with E-state index in [1.165, 1.54) is 0 Å². The summed E-state index contributed by atoms with van der Waals surface area (Å²) in [5.41, 5.74) is 5.35. The largest absolute Gasteiger partial charge is 0.396 e. The summed E-state index contributed by atoms with van der Waals surface area (Å²) in [6.45, 7) is 0.295. The van der Waals surface area contributed by atoms with Crippen LogP contribution in [0.1, 0.15) is 6.42 Å². The van der Waals surface area contributed by atoms with Crippen LogP contribution in [0.2, 0.25) is 0 Å². The molecule has 1 fully saturated rings. The Morgan fingerprint density at radius 3 is 2.00 bits per heavy atom. The minimum Gasteiger partial charge on any atom is -0.396 e. The summed E-state index contributed by atoms with van der Waals surface area (Å²) >= 11 is 0. The van der Waals surface area contributed by atoms with Gasteiger partial charge >= 0.3 is 0 Å². The lowest BCUT2D eigenvalue weighted by Crippen LogP contribution is -2.31. The summed E-state index contributed by atoms with van der Waals surface area (Å²) < 4.78 is 0. The predicted octanol–water partition coefficient (Wildman–Crippen LogP) is -1.70. The smallest absolute Gasteiger partial charge is 0.0852 e. The highest BCUT2D eigenvalue weighted by molar-refractivity contribution is 4.90. The van der Waals surface area contributed by atoms with E-state index in [9.17, 15) is 10.2 Å². The minimum atomic E-state index is -0.798. The summed E-state index contributed by atoms with van der Waals surface area (Å²) in [5.74, 6) is -0.249. The molecule has 4 atom stereocenters. The maximum absolute atomic E-state index is 9.32. The van der Waals surface area contributed by atoms with Crippen LogP contribution in [0.4, 0.5) is 0 Å². The monoisotopic (exact) mass is 161 g/mol. The molecule has 0 heterocycles. The highest BCUT2D eigenvalue weighted by Crippen LogP contribution is 2.30. The summed E-state index contributed by atoms with van der Waals surface area (Å²) in [5, 5.41) is 27.4. The van der Waals surface area contributed by atoms with Crippen LogP contribution in [0.15, 0.2) is 0 Å². The molecular weight excluding hydrogens is 146 g/mol. The fraction of sp³-hybridized carbons (Fsp3) is 1.00. The lowest BCUT2D eigenvalue weighted by atomic mass is 10.1. The second-order valence-electron chi connectivity index (χ2n) is 3.16. The molecule has 11 heavy (non-hydrogen) atoms. The van der Waals surface area contributed by atoms with Gasteiger partial charge in [0.05, 0.1) is 12.2 Å². The lowest BCUT2D eigenvalue weighted by Gasteiger charge is -2.14. The molecule has 0 amide bonds. The van der Waals surface area contributed by atoms with Crippen LogP contribution in [0.3, 0.4) is 0 Å². The van der Waals surface area contributed by atoms with Crippen LogP contribution < -0.4 is 5.73 Å². The van der Waals surface area contributed by atoms with Gasteiger partial charge in [-0.2, -0.15) is 0 Å². The Balaban J connectivity index is 2.53. The zero-order chi connectivity index (χ0) is 8.43. The van der Waals surface area contributed by atoms with E-state index in [0.29, 0.717) is 13.0 Å². The molecule has 0 aromatic rings. The van der Waals surface area contributed by atoms with E-state index in [1.54, 1.807) is 0 Å². The lowest BCUT2D eigenvalue weighted by molar-refractivity contribution is -0.00476. The van der Waals surface area contributed by atoms with Crippen LogP contribution in [-0.2, 0) is 0 Å². The average Bonchev–Trinajstić information content (AvgIpc) is 2.30. The van der Waals surface area contributed by atoms with E-state index < -0.39 is 12.2 Å². The van der Waals surface area contributed by atoms with E-state index in [-0.39, 0.29) is 18.4 Å². The summed E-state index contributed by atoms with van der Waals surface area (Å²) in [7, 11) is 0. The molecule has 0 aromatic heterocycles. The van der Waals surface area contributed by atoms with E-state index >= 15 is 0 Å². The SMILES string of the molecule is NC[C@H]1C[C@@H](CO)[C@H](O)[C@H]1O. The van der Waals surface area contributed by atoms with Crippen molar-refractivity contribution in [1.82, 2.24) is 0 Å². The van der Waals surface area contributed by atoms with Crippen molar-refractivity contribution in [3.05, 3.63) is 0 Å². The molecule has 1 aliphatic carbocycles. The van der Waals surface area contributed by atoms with Crippen molar-refractivity contribution in [2.75, 3.05) is 13.2 Å². The first kappa shape index (κ1) is 8.93. The number of aliphatic hydroxyl groups is 3. The Hall–Kier alpha value is -0.160. The third-order valence-corrected chi connectivity index (χ3v) is 2.46. The number of rotatable bonds is 2. The maximum atomic E-state index is 9.32. The normalized spacial score (nSPS) is 44.7. The van der Waals surface area contributed by atoms with Crippen LogP contribution >= 0.6 is 0 Å². The molecule has 0 unspecified atom stereocenters. The van der Waals surface area contributed by atoms with E-state index in [0.717, 1.165) is 0 Å². The highest BCUT2D eigenvalue weighted by Gasteiger charge is 2.39. The molecule has 1 aliphatic rings. The maximum Gasteiger partial charge on any atom is 0.0852 e. The van der Waals surface area contributed by atoms with Crippen molar-refractivity contribution in [1.29, 1.82) is 0 Å². The van der Waals surface area contributed by atoms with Gasteiger partial charge in [0.15, 0.2) is 0 Å². The minimum absolute atomic E-state index is 0.0536. The summed E-state index contributed by atoms with van der Waals surface area (Å²) in [6, 6.07) is 0. The van der Waals surface area contributed by atoms with Crippen molar-refractivity contribution in [3.63, 3.8) is 0 Å². The summed E-state index contributed by atoms with van der Waals surface area (Å²) in [4.78, 5) is 0. The van der Waals surface area contributed by atoms with Crippen molar-refractivity contribution >= 4 is 0 Å². The zero-order valence-corrected chi connectivity index (χ0v) is 6.35. The quantitative estimate of drug-likeness (QED) is 0.388. The second-order valence-corrected chi connectivity index (χ2v) is 3.16. The Kier molecular flexibility index (Phi) is 2.84. The molecule has 66 valence electrons. The van der Waals surface area contributed by atoms with Crippen molar-refractivity contribution in [2.24, 2.45) is 17.6 Å². The molecule has 0 aliphatic heterocycles. The van der Waals surface area contributed by atoms with Gasteiger partial charge in [-0.25, -0.2) is 0 Å². The first-order valence-electron chi connectivity index (χ1n) is 3.87. The standard InChI is InChI=1S/C7H15NO3/c8-2-4-1-5(3-9)7(11)6(4)10/h4-7,9-11H,1-3,8H2/t4-,5+,6+,7+/m1/s1. The molecule has 4 heteroatoms. The van der Waals surface area contributed by atoms with Crippen LogP contribution in [0.25, 0.3) is 0 Å². The van der Waals surface area contributed by atoms with Crippen LogP contribution in [-0.4, -0.2) is 40.7 Å². The Morgan fingerprint density at radius 2 is 1.73 bits per heavy atom. The van der Waals surface area contributed by atoms with Gasteiger partial charge in [-0.15, -0.1) is 0 Å². The zero-order valence-electron chi connectivity index (χ0n) is 6.35. The van der Waals surface area contributed by atoms with Gasteiger partial charge in [0, 0.05) is 18.4 Å². The summed E-state index contributed by atoms with van der Waals surface area (Å²) in [6.07, 6.45) is -0.930. The number of hydrogen-bond acceptors (Lipinski definition) is 4. The molecule has 0 saturated heterocycles. The van der Waals surface area contributed by atoms with Crippen LogP contribution in [0.5, 0.6) is 0 Å². The van der Waals surface area contributed by atoms with Gasteiger partial charge in [0.2, 0.25) is 0 Å². The highest BCUT2D eigenvalue weighted by atomic mass is 16.3. The van der Waals surface area contributed by atoms with Crippen molar-refractivity contribution in [2.45, 2.75) is 18.6 Å². The fourth-order valence-corrected chi connectivity index (χ4v) is 1.64. The van der Waals surface area contributed by atoms with Gasteiger partial charge in [0.1, 0.15) is 0 Å². The molecule has 0 aromatic carbocycles.